The zero-order valence-electron chi connectivity index (χ0n) is 14.5. The van der Waals surface area contributed by atoms with Crippen molar-refractivity contribution < 1.29 is 4.74 Å². The molecule has 0 amide bonds. The monoisotopic (exact) mass is 359 g/mol. The normalized spacial score (nSPS) is 22.9. The number of pyridine rings is 1. The second kappa shape index (κ2) is 8.17. The predicted octanol–water partition coefficient (Wildman–Crippen LogP) is 3.27. The summed E-state index contributed by atoms with van der Waals surface area (Å²) >= 11 is 0. The van der Waals surface area contributed by atoms with Crippen LogP contribution in [0.15, 0.2) is 48.8 Å². The van der Waals surface area contributed by atoms with E-state index in [0.29, 0.717) is 12.0 Å². The molecule has 2 aliphatic heterocycles. The van der Waals surface area contributed by atoms with E-state index in [1.54, 1.807) is 12.4 Å². The van der Waals surface area contributed by atoms with Gasteiger partial charge in [0.15, 0.2) is 0 Å². The summed E-state index contributed by atoms with van der Waals surface area (Å²) in [4.78, 5) is 6.62. The largest absolute Gasteiger partial charge is 0.489 e. The molecule has 3 heterocycles. The number of hydrogen-bond acceptors (Lipinski definition) is 4. The Kier molecular flexibility index (Phi) is 5.94. The van der Waals surface area contributed by atoms with Gasteiger partial charge in [-0.3, -0.25) is 9.88 Å². The van der Waals surface area contributed by atoms with Gasteiger partial charge in [-0.05, 0) is 66.7 Å². The van der Waals surface area contributed by atoms with Crippen molar-refractivity contribution in [2.24, 2.45) is 5.41 Å². The molecular weight excluding hydrogens is 334 g/mol. The number of aromatic nitrogens is 1. The smallest absolute Gasteiger partial charge is 0.119 e. The van der Waals surface area contributed by atoms with Gasteiger partial charge < -0.3 is 10.1 Å². The van der Waals surface area contributed by atoms with Gasteiger partial charge in [0.25, 0.3) is 0 Å². The van der Waals surface area contributed by atoms with Crippen LogP contribution in [-0.2, 0) is 13.2 Å². The molecule has 2 fully saturated rings. The molecule has 0 bridgehead atoms. The number of ether oxygens (including phenoxy) is 1. The zero-order valence-corrected chi connectivity index (χ0v) is 15.3. The van der Waals surface area contributed by atoms with Crippen molar-refractivity contribution in [1.29, 1.82) is 0 Å². The number of halogens is 1. The van der Waals surface area contributed by atoms with E-state index in [4.69, 9.17) is 4.74 Å². The lowest BCUT2D eigenvalue weighted by molar-refractivity contribution is 0.268. The summed E-state index contributed by atoms with van der Waals surface area (Å²) in [6, 6.07) is 12.5. The fourth-order valence-corrected chi connectivity index (χ4v) is 3.90. The highest BCUT2D eigenvalue weighted by Crippen LogP contribution is 2.36. The predicted molar refractivity (Wildman–Crippen MR) is 102 cm³/mol. The minimum absolute atomic E-state index is 0. The van der Waals surface area contributed by atoms with Crippen molar-refractivity contribution in [2.45, 2.75) is 26.0 Å². The van der Waals surface area contributed by atoms with E-state index in [1.807, 2.05) is 12.1 Å². The van der Waals surface area contributed by atoms with E-state index < -0.39 is 0 Å². The molecule has 1 N–H and O–H groups in total. The average molecular weight is 360 g/mol. The molecule has 0 radical (unpaired) electrons. The highest BCUT2D eigenvalue weighted by molar-refractivity contribution is 5.85. The maximum Gasteiger partial charge on any atom is 0.119 e. The number of hydrogen-bond donors (Lipinski definition) is 1. The Hall–Kier alpha value is -1.62. The quantitative estimate of drug-likeness (QED) is 0.889. The molecule has 2 saturated heterocycles. The molecule has 25 heavy (non-hydrogen) atoms. The zero-order chi connectivity index (χ0) is 16.2. The average Bonchev–Trinajstić information content (AvgIpc) is 3.25. The lowest BCUT2D eigenvalue weighted by Crippen LogP contribution is -2.28. The number of nitrogens with one attached hydrogen (secondary N) is 1. The van der Waals surface area contributed by atoms with Crippen LogP contribution in [0.25, 0.3) is 0 Å². The SMILES string of the molecule is Cl.c1cc(COc2ccc(CN3CCC4(CCNC4)C3)cc2)ccn1. The maximum absolute atomic E-state index is 5.84. The third-order valence-corrected chi connectivity index (χ3v) is 5.33. The van der Waals surface area contributed by atoms with E-state index in [-0.39, 0.29) is 12.4 Å². The molecule has 1 aromatic heterocycles. The minimum atomic E-state index is 0. The molecule has 0 saturated carbocycles. The van der Waals surface area contributed by atoms with Crippen LogP contribution >= 0.6 is 12.4 Å². The first-order valence-corrected chi connectivity index (χ1v) is 8.85. The van der Waals surface area contributed by atoms with E-state index in [2.05, 4.69) is 39.5 Å². The molecule has 5 heteroatoms. The summed E-state index contributed by atoms with van der Waals surface area (Å²) in [5, 5.41) is 3.53. The van der Waals surface area contributed by atoms with Crippen molar-refractivity contribution >= 4 is 12.4 Å². The lowest BCUT2D eigenvalue weighted by atomic mass is 9.86. The van der Waals surface area contributed by atoms with Gasteiger partial charge in [-0.2, -0.15) is 0 Å². The topological polar surface area (TPSA) is 37.4 Å². The molecule has 1 aromatic carbocycles. The molecule has 134 valence electrons. The summed E-state index contributed by atoms with van der Waals surface area (Å²) in [7, 11) is 0. The Morgan fingerprint density at radius 1 is 1.04 bits per heavy atom. The van der Waals surface area contributed by atoms with Crippen LogP contribution in [0.4, 0.5) is 0 Å². The summed E-state index contributed by atoms with van der Waals surface area (Å²) in [6.45, 7) is 6.49. The number of nitrogens with zero attached hydrogens (tertiary/aromatic N) is 2. The Bertz CT molecular complexity index is 656. The standard InChI is InChI=1S/C20H25N3O.ClH/c1-3-19(24-14-18-5-9-21-10-6-18)4-2-17(1)13-23-12-8-20(16-23)7-11-22-15-20;/h1-6,9-10,22H,7-8,11-16H2;1H. The van der Waals surface area contributed by atoms with Crippen molar-refractivity contribution in [2.75, 3.05) is 26.2 Å². The van der Waals surface area contributed by atoms with E-state index in [1.165, 1.54) is 44.6 Å². The Labute approximate surface area is 156 Å². The lowest BCUT2D eigenvalue weighted by Gasteiger charge is -2.22. The first kappa shape index (κ1) is 18.2. The van der Waals surface area contributed by atoms with Crippen molar-refractivity contribution in [1.82, 2.24) is 15.2 Å². The summed E-state index contributed by atoms with van der Waals surface area (Å²) < 4.78 is 5.84. The molecule has 4 rings (SSSR count). The molecule has 2 aromatic rings. The van der Waals surface area contributed by atoms with Crippen LogP contribution in [0, 0.1) is 5.41 Å². The molecule has 1 spiro atoms. The van der Waals surface area contributed by atoms with Crippen LogP contribution in [0.5, 0.6) is 5.75 Å². The second-order valence-corrected chi connectivity index (χ2v) is 7.18. The molecule has 1 atom stereocenters. The second-order valence-electron chi connectivity index (χ2n) is 7.18. The summed E-state index contributed by atoms with van der Waals surface area (Å²) in [5.74, 6) is 0.924. The van der Waals surface area contributed by atoms with Gasteiger partial charge in [0.1, 0.15) is 12.4 Å². The molecule has 2 aliphatic rings. The van der Waals surface area contributed by atoms with Crippen LogP contribution in [0.3, 0.4) is 0 Å². The summed E-state index contributed by atoms with van der Waals surface area (Å²) in [6.07, 6.45) is 6.27. The molecule has 1 unspecified atom stereocenters. The minimum Gasteiger partial charge on any atom is -0.489 e. The van der Waals surface area contributed by atoms with Gasteiger partial charge in [-0.15, -0.1) is 12.4 Å². The third-order valence-electron chi connectivity index (χ3n) is 5.33. The van der Waals surface area contributed by atoms with E-state index in [0.717, 1.165) is 17.9 Å². The van der Waals surface area contributed by atoms with Gasteiger partial charge in [0.2, 0.25) is 0 Å². The first-order valence-electron chi connectivity index (χ1n) is 8.85. The van der Waals surface area contributed by atoms with Crippen LogP contribution in [0.2, 0.25) is 0 Å². The number of likely N-dealkylation sites (tertiary alicyclic amines) is 1. The van der Waals surface area contributed by atoms with Gasteiger partial charge in [-0.25, -0.2) is 0 Å². The van der Waals surface area contributed by atoms with E-state index in [9.17, 15) is 0 Å². The van der Waals surface area contributed by atoms with Gasteiger partial charge in [0, 0.05) is 32.0 Å². The first-order chi connectivity index (χ1) is 11.8. The van der Waals surface area contributed by atoms with Gasteiger partial charge in [-0.1, -0.05) is 12.1 Å². The highest BCUT2D eigenvalue weighted by Gasteiger charge is 2.39. The third kappa shape index (κ3) is 4.51. The maximum atomic E-state index is 5.84. The fraction of sp³-hybridized carbons (Fsp3) is 0.450. The number of rotatable bonds is 5. The fourth-order valence-electron chi connectivity index (χ4n) is 3.90. The van der Waals surface area contributed by atoms with Crippen LogP contribution in [0.1, 0.15) is 24.0 Å². The molecular formula is C20H26ClN3O. The van der Waals surface area contributed by atoms with Crippen LogP contribution < -0.4 is 10.1 Å². The van der Waals surface area contributed by atoms with Gasteiger partial charge >= 0.3 is 0 Å². The molecule has 4 nitrogen and oxygen atoms in total. The Morgan fingerprint density at radius 2 is 1.84 bits per heavy atom. The number of benzene rings is 1. The highest BCUT2D eigenvalue weighted by atomic mass is 35.5. The molecule has 0 aliphatic carbocycles. The van der Waals surface area contributed by atoms with Crippen molar-refractivity contribution in [3.63, 3.8) is 0 Å². The Balaban J connectivity index is 0.00000182. The van der Waals surface area contributed by atoms with Crippen LogP contribution in [-0.4, -0.2) is 36.1 Å². The summed E-state index contributed by atoms with van der Waals surface area (Å²) in [5.41, 5.74) is 3.06. The van der Waals surface area contributed by atoms with E-state index >= 15 is 0 Å². The van der Waals surface area contributed by atoms with Gasteiger partial charge in [0.05, 0.1) is 0 Å². The Morgan fingerprint density at radius 3 is 2.56 bits per heavy atom. The van der Waals surface area contributed by atoms with Crippen molar-refractivity contribution in [3.8, 4) is 5.75 Å². The van der Waals surface area contributed by atoms with Crippen molar-refractivity contribution in [3.05, 3.63) is 59.9 Å².